The van der Waals surface area contributed by atoms with E-state index in [9.17, 15) is 19.2 Å². The maximum Gasteiger partial charge on any atom is 0.338 e. The number of fused-ring (bicyclic) bond motifs is 1. The number of hydrogen-bond acceptors (Lipinski definition) is 8. The lowest BCUT2D eigenvalue weighted by atomic mass is 9.95. The van der Waals surface area contributed by atoms with Gasteiger partial charge in [0, 0.05) is 0 Å². The van der Waals surface area contributed by atoms with Crippen LogP contribution in [0.2, 0.25) is 0 Å². The smallest absolute Gasteiger partial charge is 0.338 e. The van der Waals surface area contributed by atoms with E-state index in [1.54, 1.807) is 55.5 Å². The average Bonchev–Trinajstić information content (AvgIpc) is 2.89. The van der Waals surface area contributed by atoms with Crippen LogP contribution in [0.4, 0.5) is 4.79 Å². The molecule has 11 nitrogen and oxygen atoms in total. The number of hydrogen-bond donors (Lipinski definition) is 2. The summed E-state index contributed by atoms with van der Waals surface area (Å²) in [7, 11) is 1.53. The monoisotopic (exact) mass is 492 g/mol. The highest BCUT2D eigenvalue weighted by Gasteiger charge is 2.34. The van der Waals surface area contributed by atoms with Crippen LogP contribution in [0.3, 0.4) is 0 Å². The molecular weight excluding hydrogens is 468 g/mol. The van der Waals surface area contributed by atoms with Crippen LogP contribution in [0.5, 0.6) is 5.75 Å². The molecule has 2 heterocycles. The van der Waals surface area contributed by atoms with Crippen LogP contribution in [-0.4, -0.2) is 47.8 Å². The number of rotatable bonds is 8. The van der Waals surface area contributed by atoms with Gasteiger partial charge in [-0.3, -0.25) is 14.2 Å². The van der Waals surface area contributed by atoms with Crippen molar-refractivity contribution in [2.24, 2.45) is 0 Å². The Hall–Kier alpha value is -4.67. The molecule has 11 heteroatoms. The van der Waals surface area contributed by atoms with Crippen molar-refractivity contribution in [1.82, 2.24) is 20.2 Å². The fraction of sp³-hybridized carbons (Fsp3) is 0.240. The summed E-state index contributed by atoms with van der Waals surface area (Å²) < 4.78 is 16.8. The van der Waals surface area contributed by atoms with E-state index in [1.807, 2.05) is 0 Å². The molecule has 1 aromatic heterocycles. The molecule has 186 valence electrons. The van der Waals surface area contributed by atoms with Crippen LogP contribution in [0.25, 0.3) is 10.9 Å². The third-order valence-electron chi connectivity index (χ3n) is 5.51. The molecule has 0 radical (unpaired) electrons. The van der Waals surface area contributed by atoms with Crippen molar-refractivity contribution in [2.45, 2.75) is 19.5 Å². The largest absolute Gasteiger partial charge is 0.497 e. The average molecular weight is 492 g/mol. The SMILES string of the molecule is CCOC(=O)C1=C(COC(=O)Cn2cnc3ccccc3c2=O)NC(=O)NC1c1ccc(OC)cc1. The van der Waals surface area contributed by atoms with E-state index < -0.39 is 42.7 Å². The van der Waals surface area contributed by atoms with Gasteiger partial charge in [-0.05, 0) is 36.8 Å². The van der Waals surface area contributed by atoms with Gasteiger partial charge in [0.2, 0.25) is 0 Å². The lowest BCUT2D eigenvalue weighted by Crippen LogP contribution is -2.47. The molecular formula is C25H24N4O7. The van der Waals surface area contributed by atoms with Crippen molar-refractivity contribution in [1.29, 1.82) is 0 Å². The standard InChI is InChI=1S/C25H24N4O7/c1-3-35-24(32)21-19(27-25(33)28-22(21)15-8-10-16(34-2)11-9-15)13-36-20(30)12-29-14-26-18-7-5-4-6-17(18)23(29)31/h4-11,14,22H,3,12-13H2,1-2H3,(H2,27,28,33). The van der Waals surface area contributed by atoms with E-state index in [-0.39, 0.29) is 17.9 Å². The molecule has 2 aromatic carbocycles. The quantitative estimate of drug-likeness (QED) is 0.454. The van der Waals surface area contributed by atoms with Gasteiger partial charge in [-0.15, -0.1) is 0 Å². The highest BCUT2D eigenvalue weighted by atomic mass is 16.5. The predicted octanol–water partition coefficient (Wildman–Crippen LogP) is 1.82. The Bertz CT molecular complexity index is 1400. The minimum absolute atomic E-state index is 0.0790. The van der Waals surface area contributed by atoms with Crippen LogP contribution in [0.15, 0.2) is 70.9 Å². The first-order valence-electron chi connectivity index (χ1n) is 11.1. The molecule has 1 aliphatic rings. The summed E-state index contributed by atoms with van der Waals surface area (Å²) in [5.74, 6) is -0.821. The lowest BCUT2D eigenvalue weighted by Gasteiger charge is -2.29. The molecule has 1 unspecified atom stereocenters. The van der Waals surface area contributed by atoms with Gasteiger partial charge in [0.1, 0.15) is 18.9 Å². The summed E-state index contributed by atoms with van der Waals surface area (Å²) in [5.41, 5.74) is 0.901. The molecule has 2 N–H and O–H groups in total. The van der Waals surface area contributed by atoms with Crippen molar-refractivity contribution < 1.29 is 28.6 Å². The predicted molar refractivity (Wildman–Crippen MR) is 128 cm³/mol. The van der Waals surface area contributed by atoms with E-state index in [1.165, 1.54) is 13.4 Å². The number of esters is 2. The van der Waals surface area contributed by atoms with Gasteiger partial charge in [-0.25, -0.2) is 14.6 Å². The van der Waals surface area contributed by atoms with E-state index in [4.69, 9.17) is 14.2 Å². The van der Waals surface area contributed by atoms with Crippen molar-refractivity contribution in [3.05, 3.63) is 82.0 Å². The normalized spacial score (nSPS) is 15.2. The van der Waals surface area contributed by atoms with Gasteiger partial charge in [-0.2, -0.15) is 0 Å². The van der Waals surface area contributed by atoms with Crippen LogP contribution < -0.4 is 20.9 Å². The Labute approximate surface area is 205 Å². The maximum absolute atomic E-state index is 12.8. The molecule has 0 bridgehead atoms. The van der Waals surface area contributed by atoms with Crippen molar-refractivity contribution in [3.8, 4) is 5.75 Å². The number of aromatic nitrogens is 2. The fourth-order valence-corrected chi connectivity index (χ4v) is 3.78. The summed E-state index contributed by atoms with van der Waals surface area (Å²) in [6.07, 6.45) is 1.27. The minimum atomic E-state index is -0.843. The third-order valence-corrected chi connectivity index (χ3v) is 5.51. The second-order valence-electron chi connectivity index (χ2n) is 7.77. The number of carbonyl (C=O) groups is 3. The molecule has 2 amide bonds. The number of ether oxygens (including phenoxy) is 3. The lowest BCUT2D eigenvalue weighted by molar-refractivity contribution is -0.144. The fourth-order valence-electron chi connectivity index (χ4n) is 3.78. The zero-order chi connectivity index (χ0) is 25.7. The first-order valence-corrected chi connectivity index (χ1v) is 11.1. The Morgan fingerprint density at radius 2 is 1.81 bits per heavy atom. The molecule has 3 aromatic rings. The Morgan fingerprint density at radius 1 is 1.06 bits per heavy atom. The number of urea groups is 1. The summed E-state index contributed by atoms with van der Waals surface area (Å²) >= 11 is 0. The van der Waals surface area contributed by atoms with Gasteiger partial charge in [0.25, 0.3) is 5.56 Å². The topological polar surface area (TPSA) is 138 Å². The van der Waals surface area contributed by atoms with Gasteiger partial charge < -0.3 is 24.8 Å². The van der Waals surface area contributed by atoms with Crippen molar-refractivity contribution in [3.63, 3.8) is 0 Å². The number of carbonyl (C=O) groups excluding carboxylic acids is 3. The number of para-hydroxylation sites is 1. The maximum atomic E-state index is 12.8. The second kappa shape index (κ2) is 10.7. The van der Waals surface area contributed by atoms with Crippen LogP contribution in [-0.2, 0) is 25.6 Å². The number of benzene rings is 2. The third kappa shape index (κ3) is 5.19. The number of nitrogens with zero attached hydrogens (tertiary/aromatic N) is 2. The van der Waals surface area contributed by atoms with Gasteiger partial charge in [0.15, 0.2) is 0 Å². The molecule has 0 spiro atoms. The summed E-state index contributed by atoms with van der Waals surface area (Å²) in [5, 5.41) is 5.60. The second-order valence-corrected chi connectivity index (χ2v) is 7.77. The van der Waals surface area contributed by atoms with E-state index in [0.717, 1.165) is 4.57 Å². The van der Waals surface area contributed by atoms with Gasteiger partial charge in [-0.1, -0.05) is 24.3 Å². The summed E-state index contributed by atoms with van der Waals surface area (Å²) in [4.78, 5) is 54.6. The highest BCUT2D eigenvalue weighted by molar-refractivity contribution is 5.95. The molecule has 1 aliphatic heterocycles. The first kappa shape index (κ1) is 24.5. The number of nitrogens with one attached hydrogen (secondary N) is 2. The zero-order valence-corrected chi connectivity index (χ0v) is 19.6. The molecule has 1 atom stereocenters. The Morgan fingerprint density at radius 3 is 2.53 bits per heavy atom. The Balaban J connectivity index is 1.57. The minimum Gasteiger partial charge on any atom is -0.497 e. The van der Waals surface area contributed by atoms with Crippen LogP contribution in [0, 0.1) is 0 Å². The summed E-state index contributed by atoms with van der Waals surface area (Å²) in [6, 6.07) is 12.2. The van der Waals surface area contributed by atoms with Gasteiger partial charge in [0.05, 0.1) is 48.3 Å². The first-order chi connectivity index (χ1) is 17.4. The Kier molecular flexibility index (Phi) is 7.28. The molecule has 0 saturated heterocycles. The molecule has 0 saturated carbocycles. The van der Waals surface area contributed by atoms with Crippen molar-refractivity contribution in [2.75, 3.05) is 20.3 Å². The van der Waals surface area contributed by atoms with Gasteiger partial charge >= 0.3 is 18.0 Å². The molecule has 36 heavy (non-hydrogen) atoms. The molecule has 0 aliphatic carbocycles. The molecule has 0 fully saturated rings. The van der Waals surface area contributed by atoms with Crippen molar-refractivity contribution >= 4 is 28.9 Å². The zero-order valence-electron chi connectivity index (χ0n) is 19.6. The van der Waals surface area contributed by atoms with E-state index in [2.05, 4.69) is 15.6 Å². The molecule has 4 rings (SSSR count). The van der Waals surface area contributed by atoms with Crippen LogP contribution in [0.1, 0.15) is 18.5 Å². The number of methoxy groups -OCH3 is 1. The van der Waals surface area contributed by atoms with E-state index >= 15 is 0 Å². The highest BCUT2D eigenvalue weighted by Crippen LogP contribution is 2.29. The van der Waals surface area contributed by atoms with E-state index in [0.29, 0.717) is 22.2 Å². The summed E-state index contributed by atoms with van der Waals surface area (Å²) in [6.45, 7) is 0.955. The van der Waals surface area contributed by atoms with Crippen LogP contribution >= 0.6 is 0 Å². The number of amides is 2.